The van der Waals surface area contributed by atoms with Gasteiger partial charge in [0.05, 0.1) is 23.6 Å². The molecule has 2 aliphatic rings. The maximum Gasteiger partial charge on any atom is 0.243 e. The van der Waals surface area contributed by atoms with Gasteiger partial charge in [-0.25, -0.2) is 0 Å². The number of carbonyl (C=O) groups is 2. The first kappa shape index (κ1) is 11.7. The normalized spacial score (nSPS) is 22.7. The van der Waals surface area contributed by atoms with Crippen molar-refractivity contribution in [2.45, 2.75) is 30.8 Å². The summed E-state index contributed by atoms with van der Waals surface area (Å²) in [5.41, 5.74) is 1.21. The van der Waals surface area contributed by atoms with Crippen molar-refractivity contribution in [3.63, 3.8) is 0 Å². The highest BCUT2D eigenvalue weighted by Gasteiger charge is 2.47. The molecule has 1 aliphatic heterocycles. The number of β-lactam (4-membered cyclic amide) rings is 1. The van der Waals surface area contributed by atoms with Crippen LogP contribution in [-0.4, -0.2) is 17.9 Å². The summed E-state index contributed by atoms with van der Waals surface area (Å²) in [4.78, 5) is 22.8. The van der Waals surface area contributed by atoms with Crippen molar-refractivity contribution in [3.05, 3.63) is 35.4 Å². The Bertz CT molecular complexity index is 591. The molecule has 1 saturated heterocycles. The van der Waals surface area contributed by atoms with Gasteiger partial charge in [-0.2, -0.15) is 5.26 Å². The van der Waals surface area contributed by atoms with Crippen LogP contribution in [0.25, 0.3) is 0 Å². The fraction of sp³-hybridized carbons (Fsp3) is 0.357. The molecule has 0 unspecified atom stereocenters. The van der Waals surface area contributed by atoms with Gasteiger partial charge in [0.25, 0.3) is 0 Å². The van der Waals surface area contributed by atoms with Crippen LogP contribution < -0.4 is 10.6 Å². The van der Waals surface area contributed by atoms with E-state index in [4.69, 9.17) is 5.26 Å². The molecular formula is C14H13N3O2. The molecule has 1 aromatic carbocycles. The molecule has 0 radical (unpaired) electrons. The number of nitriles is 1. The van der Waals surface area contributed by atoms with E-state index in [-0.39, 0.29) is 23.8 Å². The Morgan fingerprint density at radius 2 is 2.21 bits per heavy atom. The van der Waals surface area contributed by atoms with Crippen molar-refractivity contribution >= 4 is 11.8 Å². The largest absolute Gasteiger partial charge is 0.345 e. The van der Waals surface area contributed by atoms with E-state index in [9.17, 15) is 9.59 Å². The van der Waals surface area contributed by atoms with Gasteiger partial charge in [-0.1, -0.05) is 12.1 Å². The zero-order chi connectivity index (χ0) is 13.5. The van der Waals surface area contributed by atoms with E-state index in [0.717, 1.165) is 18.4 Å². The zero-order valence-electron chi connectivity index (χ0n) is 10.3. The van der Waals surface area contributed by atoms with Gasteiger partial charge in [-0.3, -0.25) is 9.59 Å². The van der Waals surface area contributed by atoms with Gasteiger partial charge < -0.3 is 10.6 Å². The van der Waals surface area contributed by atoms with Gasteiger partial charge in [0.2, 0.25) is 11.8 Å². The van der Waals surface area contributed by atoms with Crippen LogP contribution in [0, 0.1) is 11.3 Å². The van der Waals surface area contributed by atoms with Gasteiger partial charge in [-0.15, -0.1) is 0 Å². The Morgan fingerprint density at radius 1 is 1.47 bits per heavy atom. The number of nitrogens with one attached hydrogen (secondary N) is 2. The summed E-state index contributed by atoms with van der Waals surface area (Å²) in [5.74, 6) is -0.226. The first-order chi connectivity index (χ1) is 9.13. The smallest absolute Gasteiger partial charge is 0.243 e. The second kappa shape index (κ2) is 4.09. The molecule has 0 aromatic heterocycles. The molecule has 2 amide bonds. The third-order valence-electron chi connectivity index (χ3n) is 3.70. The first-order valence-electron chi connectivity index (χ1n) is 6.25. The summed E-state index contributed by atoms with van der Waals surface area (Å²) in [6.45, 7) is 0. The highest BCUT2D eigenvalue weighted by molar-refractivity contribution is 5.97. The van der Waals surface area contributed by atoms with Crippen molar-refractivity contribution in [1.29, 1.82) is 5.26 Å². The average Bonchev–Trinajstić information content (AvgIpc) is 3.16. The minimum Gasteiger partial charge on any atom is -0.345 e. The van der Waals surface area contributed by atoms with Gasteiger partial charge >= 0.3 is 0 Å². The van der Waals surface area contributed by atoms with Crippen LogP contribution in [0.3, 0.4) is 0 Å². The molecule has 3 rings (SSSR count). The Hall–Kier alpha value is -2.35. The Balaban J connectivity index is 1.74. The van der Waals surface area contributed by atoms with Gasteiger partial charge in [-0.05, 0) is 30.5 Å². The lowest BCUT2D eigenvalue weighted by molar-refractivity contribution is -0.137. The van der Waals surface area contributed by atoms with Gasteiger partial charge in [0.1, 0.15) is 6.04 Å². The fourth-order valence-electron chi connectivity index (χ4n) is 2.34. The zero-order valence-corrected chi connectivity index (χ0v) is 10.3. The minimum absolute atomic E-state index is 0.0866. The summed E-state index contributed by atoms with van der Waals surface area (Å²) in [7, 11) is 0. The first-order valence-corrected chi connectivity index (χ1v) is 6.25. The maximum atomic E-state index is 12.0. The quantitative estimate of drug-likeness (QED) is 0.774. The molecule has 5 heteroatoms. The minimum atomic E-state index is -0.399. The second-order valence-corrected chi connectivity index (χ2v) is 5.09. The van der Waals surface area contributed by atoms with Crippen molar-refractivity contribution in [3.8, 4) is 6.07 Å². The summed E-state index contributed by atoms with van der Waals surface area (Å²) in [6, 6.07) is 9.01. The molecule has 2 fully saturated rings. The van der Waals surface area contributed by atoms with Crippen LogP contribution in [0.4, 0.5) is 0 Å². The lowest BCUT2D eigenvalue weighted by atomic mass is 10.00. The van der Waals surface area contributed by atoms with E-state index in [1.54, 1.807) is 6.07 Å². The Morgan fingerprint density at radius 3 is 2.79 bits per heavy atom. The third kappa shape index (κ3) is 2.06. The predicted octanol–water partition coefficient (Wildman–Crippen LogP) is 0.552. The molecule has 1 atom stereocenters. The van der Waals surface area contributed by atoms with E-state index in [1.807, 2.05) is 18.2 Å². The fourth-order valence-corrected chi connectivity index (χ4v) is 2.34. The van der Waals surface area contributed by atoms with Crippen LogP contribution >= 0.6 is 0 Å². The van der Waals surface area contributed by atoms with E-state index in [0.29, 0.717) is 5.56 Å². The Kier molecular flexibility index (Phi) is 2.53. The highest BCUT2D eigenvalue weighted by atomic mass is 16.2. The lowest BCUT2D eigenvalue weighted by Gasteiger charge is -2.28. The average molecular weight is 255 g/mol. The molecule has 96 valence electrons. The van der Waals surface area contributed by atoms with E-state index in [2.05, 4.69) is 16.7 Å². The molecule has 1 saturated carbocycles. The summed E-state index contributed by atoms with van der Waals surface area (Å²) < 4.78 is 0. The second-order valence-electron chi connectivity index (χ2n) is 5.09. The van der Waals surface area contributed by atoms with E-state index >= 15 is 0 Å². The number of nitrogens with zero attached hydrogens (tertiary/aromatic N) is 1. The molecule has 1 heterocycles. The number of rotatable bonds is 3. The molecular weight excluding hydrogens is 242 g/mol. The number of amides is 2. The number of benzene rings is 1. The monoisotopic (exact) mass is 255 g/mol. The Labute approximate surface area is 110 Å². The molecule has 5 nitrogen and oxygen atoms in total. The summed E-state index contributed by atoms with van der Waals surface area (Å²) in [6.07, 6.45) is 2.00. The van der Waals surface area contributed by atoms with E-state index < -0.39 is 6.04 Å². The molecule has 0 bridgehead atoms. The summed E-state index contributed by atoms with van der Waals surface area (Å²) >= 11 is 0. The van der Waals surface area contributed by atoms with Crippen LogP contribution in [0.1, 0.15) is 30.4 Å². The topological polar surface area (TPSA) is 82.0 Å². The third-order valence-corrected chi connectivity index (χ3v) is 3.70. The molecule has 0 spiro atoms. The molecule has 19 heavy (non-hydrogen) atoms. The van der Waals surface area contributed by atoms with Crippen molar-refractivity contribution < 1.29 is 9.59 Å². The van der Waals surface area contributed by atoms with Crippen LogP contribution in [0.5, 0.6) is 0 Å². The predicted molar refractivity (Wildman–Crippen MR) is 66.8 cm³/mol. The SMILES string of the molecule is N#Cc1cccc(C2(NC(=O)[C@H]3CC(=O)N3)CC2)c1. The van der Waals surface area contributed by atoms with Gasteiger partial charge in [0, 0.05) is 0 Å². The standard InChI is InChI=1S/C14H13N3O2/c15-8-9-2-1-3-10(6-9)14(4-5-14)17-13(19)11-7-12(18)16-11/h1-3,6,11H,4-5,7H2,(H,16,18)(H,17,19)/t11-/m1/s1. The molecule has 2 N–H and O–H groups in total. The van der Waals surface area contributed by atoms with Crippen molar-refractivity contribution in [1.82, 2.24) is 10.6 Å². The number of hydrogen-bond donors (Lipinski definition) is 2. The number of carbonyl (C=O) groups excluding carboxylic acids is 2. The van der Waals surface area contributed by atoms with E-state index in [1.165, 1.54) is 0 Å². The van der Waals surface area contributed by atoms with Gasteiger partial charge in [0.15, 0.2) is 0 Å². The lowest BCUT2D eigenvalue weighted by Crippen LogP contribution is -2.58. The molecule has 1 aromatic rings. The van der Waals surface area contributed by atoms with Crippen LogP contribution in [0.15, 0.2) is 24.3 Å². The maximum absolute atomic E-state index is 12.0. The molecule has 1 aliphatic carbocycles. The highest BCUT2D eigenvalue weighted by Crippen LogP contribution is 2.45. The number of hydrogen-bond acceptors (Lipinski definition) is 3. The van der Waals surface area contributed by atoms with Crippen LogP contribution in [0.2, 0.25) is 0 Å². The van der Waals surface area contributed by atoms with Crippen LogP contribution in [-0.2, 0) is 15.1 Å². The van der Waals surface area contributed by atoms with Crippen molar-refractivity contribution in [2.75, 3.05) is 0 Å². The summed E-state index contributed by atoms with van der Waals surface area (Å²) in [5, 5.41) is 14.5. The van der Waals surface area contributed by atoms with Crippen molar-refractivity contribution in [2.24, 2.45) is 0 Å².